The van der Waals surface area contributed by atoms with E-state index in [1.165, 1.54) is 36.4 Å². The first kappa shape index (κ1) is 18.3. The van der Waals surface area contributed by atoms with Gasteiger partial charge in [-0.15, -0.1) is 5.26 Å². The van der Waals surface area contributed by atoms with Gasteiger partial charge in [-0.05, 0) is 42.0 Å². The summed E-state index contributed by atoms with van der Waals surface area (Å²) in [5.41, 5.74) is 1.05. The van der Waals surface area contributed by atoms with Crippen molar-refractivity contribution < 1.29 is 23.9 Å². The average Bonchev–Trinajstić information content (AvgIpc) is 2.65. The normalized spacial score (nSPS) is 10.4. The topological polar surface area (TPSA) is 118 Å². The lowest BCUT2D eigenvalue weighted by molar-refractivity contribution is -0.135. The smallest absolute Gasteiger partial charge is 0.337 e. The summed E-state index contributed by atoms with van der Waals surface area (Å²) >= 11 is 0. The van der Waals surface area contributed by atoms with Crippen LogP contribution in [0.3, 0.4) is 0 Å². The van der Waals surface area contributed by atoms with Gasteiger partial charge in [0.25, 0.3) is 6.26 Å². The summed E-state index contributed by atoms with van der Waals surface area (Å²) in [7, 11) is 0. The molecule has 2 aromatic carbocycles. The lowest BCUT2D eigenvalue weighted by atomic mass is 10.1. The number of carbonyl (C=O) groups is 1. The van der Waals surface area contributed by atoms with Gasteiger partial charge in [0, 0.05) is 6.42 Å². The molecule has 2 aromatic rings. The Labute approximate surface area is 148 Å². The Morgan fingerprint density at radius 3 is 2.23 bits per heavy atom. The lowest BCUT2D eigenvalue weighted by Gasteiger charge is -2.11. The fraction of sp³-hybridized carbons (Fsp3) is 0.111. The molecule has 1 atom stereocenters. The van der Waals surface area contributed by atoms with Crippen LogP contribution in [-0.4, -0.2) is 24.2 Å². The molecule has 0 saturated heterocycles. The predicted molar refractivity (Wildman–Crippen MR) is 88.2 cm³/mol. The molecule has 0 heterocycles. The van der Waals surface area contributed by atoms with Crippen molar-refractivity contribution in [1.29, 1.82) is 5.26 Å². The Hall–Kier alpha value is -4.04. The van der Waals surface area contributed by atoms with Crippen molar-refractivity contribution in [2.75, 3.05) is 0 Å². The maximum Gasteiger partial charge on any atom is 0.337 e. The first-order chi connectivity index (χ1) is 12.7. The van der Waals surface area contributed by atoms with Gasteiger partial charge >= 0.3 is 5.97 Å². The number of nitriles is 1. The molecule has 0 bridgehead atoms. The highest BCUT2D eigenvalue weighted by Crippen LogP contribution is 2.19. The van der Waals surface area contributed by atoms with Crippen molar-refractivity contribution in [3.63, 3.8) is 0 Å². The zero-order valence-electron chi connectivity index (χ0n) is 13.3. The van der Waals surface area contributed by atoms with E-state index in [4.69, 9.17) is 10.00 Å². The van der Waals surface area contributed by atoms with E-state index in [2.05, 4.69) is 14.7 Å². The van der Waals surface area contributed by atoms with Gasteiger partial charge in [-0.2, -0.15) is 9.98 Å². The quantitative estimate of drug-likeness (QED) is 0.249. The Morgan fingerprint density at radius 1 is 1.00 bits per heavy atom. The first-order valence-corrected chi connectivity index (χ1v) is 7.27. The van der Waals surface area contributed by atoms with Crippen molar-refractivity contribution >= 4 is 23.8 Å². The minimum absolute atomic E-state index is 0.106. The molecule has 8 nitrogen and oxygen atoms in total. The number of hydrogen-bond acceptors (Lipinski definition) is 8. The third-order valence-electron chi connectivity index (χ3n) is 3.23. The van der Waals surface area contributed by atoms with E-state index in [1.54, 1.807) is 30.5 Å². The minimum Gasteiger partial charge on any atom is -0.425 e. The maximum absolute atomic E-state index is 12.2. The van der Waals surface area contributed by atoms with Crippen molar-refractivity contribution in [2.24, 2.45) is 9.98 Å². The molecule has 1 unspecified atom stereocenters. The molecule has 0 radical (unpaired) electrons. The summed E-state index contributed by atoms with van der Waals surface area (Å²) in [6.07, 6.45) is 4.42. The molecular formula is C18H11N3O5. The van der Waals surface area contributed by atoms with Crippen LogP contribution in [0.2, 0.25) is 0 Å². The van der Waals surface area contributed by atoms with E-state index in [1.807, 2.05) is 0 Å². The molecular weight excluding hydrogens is 338 g/mol. The highest BCUT2D eigenvalue weighted by Gasteiger charge is 2.21. The molecule has 8 heteroatoms. The van der Waals surface area contributed by atoms with E-state index in [-0.39, 0.29) is 12.2 Å². The summed E-state index contributed by atoms with van der Waals surface area (Å²) in [5, 5.41) is 8.45. The standard InChI is InChI=1S/C18H11N3O5/c19-10-25-15-5-1-13(2-6-15)9-17(21-12-23)18(24)26-16-7-3-14(4-8-16)20-11-22/h1-8,17H,9H2. The van der Waals surface area contributed by atoms with Gasteiger partial charge in [0.2, 0.25) is 12.2 Å². The molecule has 0 fully saturated rings. The maximum atomic E-state index is 12.2. The zero-order valence-corrected chi connectivity index (χ0v) is 13.3. The SMILES string of the molecule is N#COc1ccc(CC(N=C=O)C(=O)Oc2ccc(N=C=O)cc2)cc1. The number of esters is 1. The fourth-order valence-corrected chi connectivity index (χ4v) is 2.04. The van der Waals surface area contributed by atoms with Gasteiger partial charge in [0.05, 0.1) is 5.69 Å². The number of isocyanates is 2. The van der Waals surface area contributed by atoms with Crippen molar-refractivity contribution in [3.8, 4) is 17.8 Å². The highest BCUT2D eigenvalue weighted by molar-refractivity contribution is 5.79. The Balaban J connectivity index is 2.07. The number of carbonyl (C=O) groups excluding carboxylic acids is 3. The van der Waals surface area contributed by atoms with Gasteiger partial charge < -0.3 is 9.47 Å². The molecule has 0 N–H and O–H groups in total. The monoisotopic (exact) mass is 349 g/mol. The second-order valence-electron chi connectivity index (χ2n) is 4.90. The van der Waals surface area contributed by atoms with Gasteiger partial charge in [-0.1, -0.05) is 12.1 Å². The summed E-state index contributed by atoms with van der Waals surface area (Å²) < 4.78 is 9.84. The molecule has 128 valence electrons. The van der Waals surface area contributed by atoms with Crippen molar-refractivity contribution in [3.05, 3.63) is 54.1 Å². The van der Waals surface area contributed by atoms with Gasteiger partial charge in [0.1, 0.15) is 11.5 Å². The third kappa shape index (κ3) is 5.25. The minimum atomic E-state index is -1.08. The van der Waals surface area contributed by atoms with Crippen LogP contribution in [0.1, 0.15) is 5.56 Å². The number of aliphatic imine (C=N–C) groups is 2. The molecule has 0 saturated carbocycles. The summed E-state index contributed by atoms with van der Waals surface area (Å²) in [5.74, 6) is -0.173. The number of hydrogen-bond donors (Lipinski definition) is 0. The molecule has 0 amide bonds. The highest BCUT2D eigenvalue weighted by atomic mass is 16.5. The molecule has 0 aliphatic heterocycles. The number of nitrogens with zero attached hydrogens (tertiary/aromatic N) is 3. The largest absolute Gasteiger partial charge is 0.425 e. The van der Waals surface area contributed by atoms with Gasteiger partial charge in [-0.3, -0.25) is 0 Å². The van der Waals surface area contributed by atoms with E-state index in [0.29, 0.717) is 17.0 Å². The first-order valence-electron chi connectivity index (χ1n) is 7.27. The third-order valence-corrected chi connectivity index (χ3v) is 3.23. The van der Waals surface area contributed by atoms with Crippen LogP contribution < -0.4 is 9.47 Å². The van der Waals surface area contributed by atoms with Crippen LogP contribution in [0.4, 0.5) is 5.69 Å². The van der Waals surface area contributed by atoms with Crippen LogP contribution in [-0.2, 0) is 20.8 Å². The molecule has 0 aliphatic carbocycles. The van der Waals surface area contributed by atoms with Crippen molar-refractivity contribution in [2.45, 2.75) is 12.5 Å². The van der Waals surface area contributed by atoms with Crippen LogP contribution in [0.15, 0.2) is 58.5 Å². The van der Waals surface area contributed by atoms with E-state index in [0.717, 1.165) is 0 Å². The van der Waals surface area contributed by atoms with Crippen LogP contribution >= 0.6 is 0 Å². The van der Waals surface area contributed by atoms with Crippen LogP contribution in [0, 0.1) is 11.5 Å². The average molecular weight is 349 g/mol. The summed E-state index contributed by atoms with van der Waals surface area (Å²) in [6.45, 7) is 0. The molecule has 26 heavy (non-hydrogen) atoms. The second-order valence-corrected chi connectivity index (χ2v) is 4.90. The Kier molecular flexibility index (Phi) is 6.55. The van der Waals surface area contributed by atoms with Gasteiger partial charge in [-0.25, -0.2) is 14.4 Å². The Bertz CT molecular complexity index is 903. The molecule has 0 spiro atoms. The zero-order chi connectivity index (χ0) is 18.8. The molecule has 0 aliphatic rings. The van der Waals surface area contributed by atoms with Gasteiger partial charge in [0.15, 0.2) is 6.04 Å². The number of rotatable bonds is 7. The van der Waals surface area contributed by atoms with Crippen LogP contribution in [0.25, 0.3) is 0 Å². The van der Waals surface area contributed by atoms with E-state index in [9.17, 15) is 14.4 Å². The summed E-state index contributed by atoms with van der Waals surface area (Å²) in [4.78, 5) is 39.9. The summed E-state index contributed by atoms with van der Waals surface area (Å²) in [6, 6.07) is 11.1. The van der Waals surface area contributed by atoms with E-state index >= 15 is 0 Å². The molecule has 0 aromatic heterocycles. The Morgan fingerprint density at radius 2 is 1.65 bits per heavy atom. The van der Waals surface area contributed by atoms with Crippen LogP contribution in [0.5, 0.6) is 11.5 Å². The van der Waals surface area contributed by atoms with Crippen molar-refractivity contribution in [1.82, 2.24) is 0 Å². The number of ether oxygens (including phenoxy) is 2. The number of benzene rings is 2. The molecule has 2 rings (SSSR count). The van der Waals surface area contributed by atoms with E-state index < -0.39 is 12.0 Å². The fourth-order valence-electron chi connectivity index (χ4n) is 2.04. The lowest BCUT2D eigenvalue weighted by Crippen LogP contribution is -2.26. The predicted octanol–water partition coefficient (Wildman–Crippen LogP) is 2.37. The second kappa shape index (κ2) is 9.30.